The zero-order chi connectivity index (χ0) is 52.1. The number of aryl methyl sites for hydroxylation is 2. The van der Waals surface area contributed by atoms with Crippen molar-refractivity contribution in [2.24, 2.45) is 5.92 Å². The number of benzene rings is 8. The Morgan fingerprint density at radius 1 is 0.684 bits per heavy atom. The van der Waals surface area contributed by atoms with E-state index in [1.54, 1.807) is 12.1 Å². The van der Waals surface area contributed by atoms with Crippen molar-refractivity contribution in [3.8, 4) is 39.1 Å². The third-order valence-electron chi connectivity index (χ3n) is 17.8. The lowest BCUT2D eigenvalue weighted by molar-refractivity contribution is 0.102. The minimum Gasteiger partial charge on any atom is -0.472 e. The predicted molar refractivity (Wildman–Crippen MR) is 314 cm³/mol. The van der Waals surface area contributed by atoms with Gasteiger partial charge in [-0.25, -0.2) is 4.39 Å². The first-order valence-electron chi connectivity index (χ1n) is 28.4. The van der Waals surface area contributed by atoms with Gasteiger partial charge in [-0.3, -0.25) is 4.79 Å². The van der Waals surface area contributed by atoms with Gasteiger partial charge in [-0.15, -0.1) is 0 Å². The van der Waals surface area contributed by atoms with Crippen LogP contribution in [0.2, 0.25) is 0 Å². The summed E-state index contributed by atoms with van der Waals surface area (Å²) < 4.78 is 22.2. The monoisotopic (exact) mass is 1000 g/mol. The van der Waals surface area contributed by atoms with Crippen LogP contribution < -0.4 is 15.0 Å². The summed E-state index contributed by atoms with van der Waals surface area (Å²) in [5.74, 6) is 2.03. The van der Waals surface area contributed by atoms with Gasteiger partial charge in [0.05, 0.1) is 0 Å². The van der Waals surface area contributed by atoms with Gasteiger partial charge in [-0.05, 0) is 198 Å². The summed E-state index contributed by atoms with van der Waals surface area (Å²) in [6, 6.07) is 52.6. The molecule has 0 spiro atoms. The second-order valence-electron chi connectivity index (χ2n) is 23.1. The van der Waals surface area contributed by atoms with Gasteiger partial charge in [-0.2, -0.15) is 0 Å². The van der Waals surface area contributed by atoms with E-state index in [0.29, 0.717) is 11.5 Å². The first-order chi connectivity index (χ1) is 37.0. The van der Waals surface area contributed by atoms with Crippen LogP contribution in [0, 0.1) is 25.6 Å². The molecule has 1 saturated carbocycles. The number of ether oxygens (including phenoxy) is 1. The molecule has 8 aromatic carbocycles. The van der Waals surface area contributed by atoms with Crippen LogP contribution in [0.1, 0.15) is 152 Å². The van der Waals surface area contributed by atoms with E-state index >= 15 is 0 Å². The number of hydrogen-bond acceptors (Lipinski definition) is 3. The van der Waals surface area contributed by atoms with Crippen molar-refractivity contribution in [3.05, 3.63) is 214 Å². The number of nitrogens with one attached hydrogen (secondary N) is 1. The lowest BCUT2D eigenvalue weighted by Gasteiger charge is -2.39. The molecule has 0 aromatic heterocycles. The molecule has 2 fully saturated rings. The molecule has 1 unspecified atom stereocenters. The molecule has 1 saturated heterocycles. The molecule has 0 bridgehead atoms. The van der Waals surface area contributed by atoms with Gasteiger partial charge < -0.3 is 15.0 Å². The highest BCUT2D eigenvalue weighted by atomic mass is 19.1. The van der Waals surface area contributed by atoms with Crippen LogP contribution in [-0.4, -0.2) is 19.0 Å². The van der Waals surface area contributed by atoms with Crippen LogP contribution >= 0.6 is 0 Å². The van der Waals surface area contributed by atoms with Crippen LogP contribution in [0.15, 0.2) is 158 Å². The molecule has 12 rings (SSSR count). The maximum absolute atomic E-state index is 14.6. The summed E-state index contributed by atoms with van der Waals surface area (Å²) in [5, 5.41) is 5.37. The summed E-state index contributed by atoms with van der Waals surface area (Å²) >= 11 is 0. The number of amides is 1. The molecule has 76 heavy (non-hydrogen) atoms. The molecule has 2 aliphatic carbocycles. The molecule has 5 heteroatoms. The number of halogens is 1. The molecule has 8 aromatic rings. The fourth-order valence-corrected chi connectivity index (χ4v) is 13.5. The zero-order valence-corrected chi connectivity index (χ0v) is 45.1. The topological polar surface area (TPSA) is 41.6 Å². The van der Waals surface area contributed by atoms with Crippen LogP contribution in [0.4, 0.5) is 15.8 Å². The lowest BCUT2D eigenvalue weighted by Crippen LogP contribution is -2.35. The Morgan fingerprint density at radius 2 is 1.34 bits per heavy atom. The summed E-state index contributed by atoms with van der Waals surface area (Å²) in [6.07, 6.45) is 19.0. The number of piperidine rings is 1. The molecular weight excluding hydrogens is 932 g/mol. The SMILES string of the molecule is CCCCCC1CCC(c2ccc(-c3ccc(C(=O)Nc4ccc(-c5cc6c(cc5C)C(C)(C)c5c7c(c8cc(C)ccc8c5-6)OC(c5ccc(F)cc5)(c5ccc(N6CCCCC6)cc5)C=C7)cc4)cc3)cc2)CC1. The van der Waals surface area contributed by atoms with E-state index in [-0.39, 0.29) is 17.1 Å². The summed E-state index contributed by atoms with van der Waals surface area (Å²) in [4.78, 5) is 16.1. The van der Waals surface area contributed by atoms with Crippen molar-refractivity contribution in [1.82, 2.24) is 0 Å². The first-order valence-corrected chi connectivity index (χ1v) is 28.4. The maximum atomic E-state index is 14.6. The molecular formula is C71H71FN2O2. The van der Waals surface area contributed by atoms with E-state index in [1.165, 1.54) is 115 Å². The predicted octanol–water partition coefficient (Wildman–Crippen LogP) is 18.7. The Kier molecular flexibility index (Phi) is 13.3. The Morgan fingerprint density at radius 3 is 2.03 bits per heavy atom. The highest BCUT2D eigenvalue weighted by Crippen LogP contribution is 2.59. The molecule has 1 atom stereocenters. The normalized spacial score (nSPS) is 19.4. The van der Waals surface area contributed by atoms with E-state index in [0.717, 1.165) is 80.2 Å². The summed E-state index contributed by atoms with van der Waals surface area (Å²) in [7, 11) is 0. The lowest BCUT2D eigenvalue weighted by atomic mass is 9.76. The van der Waals surface area contributed by atoms with Crippen molar-refractivity contribution in [2.75, 3.05) is 23.3 Å². The summed E-state index contributed by atoms with van der Waals surface area (Å²) in [5.41, 5.74) is 17.6. The van der Waals surface area contributed by atoms with Gasteiger partial charge in [0, 0.05) is 57.5 Å². The fourth-order valence-electron chi connectivity index (χ4n) is 13.5. The second-order valence-corrected chi connectivity index (χ2v) is 23.1. The van der Waals surface area contributed by atoms with E-state index in [2.05, 4.69) is 160 Å². The van der Waals surface area contributed by atoms with E-state index in [1.807, 2.05) is 36.4 Å². The number of hydrogen-bond donors (Lipinski definition) is 1. The minimum atomic E-state index is -0.985. The Hall–Kier alpha value is -7.24. The third kappa shape index (κ3) is 9.14. The number of anilines is 2. The van der Waals surface area contributed by atoms with Gasteiger partial charge >= 0.3 is 0 Å². The second kappa shape index (κ2) is 20.4. The maximum Gasteiger partial charge on any atom is 0.255 e. The minimum absolute atomic E-state index is 0.128. The van der Waals surface area contributed by atoms with E-state index < -0.39 is 5.60 Å². The van der Waals surface area contributed by atoms with Crippen LogP contribution in [0.25, 0.3) is 50.2 Å². The quantitative estimate of drug-likeness (QED) is 0.124. The Bertz CT molecular complexity index is 3470. The molecule has 1 amide bonds. The largest absolute Gasteiger partial charge is 0.472 e. The van der Waals surface area contributed by atoms with Crippen molar-refractivity contribution in [2.45, 2.75) is 122 Å². The zero-order valence-electron chi connectivity index (χ0n) is 45.1. The number of carbonyl (C=O) groups excluding carboxylic acids is 1. The molecule has 2 heterocycles. The van der Waals surface area contributed by atoms with Gasteiger partial charge in [-0.1, -0.05) is 149 Å². The first kappa shape index (κ1) is 49.6. The highest BCUT2D eigenvalue weighted by Gasteiger charge is 2.45. The van der Waals surface area contributed by atoms with Gasteiger partial charge in [0.2, 0.25) is 0 Å². The number of rotatable bonds is 12. The average molecular weight is 1000 g/mol. The molecule has 4 nitrogen and oxygen atoms in total. The average Bonchev–Trinajstić information content (AvgIpc) is 3.86. The smallest absolute Gasteiger partial charge is 0.255 e. The van der Waals surface area contributed by atoms with Crippen molar-refractivity contribution >= 4 is 34.1 Å². The third-order valence-corrected chi connectivity index (χ3v) is 17.8. The standard InChI is InChI=1S/C71H71FN2O2/c1-6-7-9-12-48-14-16-49(17-15-48)50-18-20-51(21-19-50)52-22-24-54(25-23-52)69(75)73-58-34-26-53(27-35-58)62-45-64-65(44-47(62)3)70(4,5)67-61-39-40-71(55-28-32-57(72)33-29-55,56-30-36-59(37-31-56)74-41-10-8-11-42-74)76-68(61)63-43-46(2)13-38-60(63)66(64)67/h13,18-40,43-45,48-49H,6-12,14-17,41-42H2,1-5H3,(H,73,75). The molecule has 0 radical (unpaired) electrons. The Balaban J connectivity index is 0.804. The van der Waals surface area contributed by atoms with E-state index in [4.69, 9.17) is 4.74 Å². The van der Waals surface area contributed by atoms with Gasteiger partial charge in [0.25, 0.3) is 5.91 Å². The van der Waals surface area contributed by atoms with Crippen molar-refractivity contribution in [1.29, 1.82) is 0 Å². The fraction of sp³-hybridized carbons (Fsp3) is 0.310. The highest BCUT2D eigenvalue weighted by molar-refractivity contribution is 6.09. The van der Waals surface area contributed by atoms with Gasteiger partial charge in [0.1, 0.15) is 11.6 Å². The van der Waals surface area contributed by atoms with Crippen molar-refractivity contribution in [3.63, 3.8) is 0 Å². The number of fused-ring (bicyclic) bond motifs is 8. The van der Waals surface area contributed by atoms with E-state index in [9.17, 15) is 9.18 Å². The molecule has 4 aliphatic rings. The molecule has 1 N–H and O–H groups in total. The molecule has 2 aliphatic heterocycles. The Labute approximate surface area is 450 Å². The number of nitrogens with zero attached hydrogens (tertiary/aromatic N) is 1. The van der Waals surface area contributed by atoms with Gasteiger partial charge in [0.15, 0.2) is 5.60 Å². The number of unbranched alkanes of at least 4 members (excludes halogenated alkanes) is 2. The van der Waals surface area contributed by atoms with Crippen LogP contribution in [-0.2, 0) is 11.0 Å². The summed E-state index contributed by atoms with van der Waals surface area (Å²) in [6.45, 7) is 13.5. The van der Waals surface area contributed by atoms with Crippen molar-refractivity contribution < 1.29 is 13.9 Å². The molecule has 384 valence electrons. The van der Waals surface area contributed by atoms with Crippen LogP contribution in [0.5, 0.6) is 5.75 Å². The van der Waals surface area contributed by atoms with Crippen LogP contribution in [0.3, 0.4) is 0 Å². The number of carbonyl (C=O) groups is 1.